The highest BCUT2D eigenvalue weighted by Gasteiger charge is 2.14. The van der Waals surface area contributed by atoms with E-state index >= 15 is 0 Å². The lowest BCUT2D eigenvalue weighted by molar-refractivity contribution is 0.282. The molecule has 1 aromatic heterocycles. The lowest BCUT2D eigenvalue weighted by atomic mass is 10.1. The maximum atomic E-state index is 5.62. The quantitative estimate of drug-likeness (QED) is 0.601. The minimum atomic E-state index is 0.237. The van der Waals surface area contributed by atoms with E-state index in [1.807, 2.05) is 0 Å². The van der Waals surface area contributed by atoms with Crippen LogP contribution in [0.4, 0.5) is 0 Å². The highest BCUT2D eigenvalue weighted by atomic mass is 79.9. The van der Waals surface area contributed by atoms with Crippen LogP contribution in [0.15, 0.2) is 15.2 Å². The Morgan fingerprint density at radius 3 is 2.56 bits per heavy atom. The van der Waals surface area contributed by atoms with Crippen LogP contribution in [-0.2, 0) is 0 Å². The van der Waals surface area contributed by atoms with Crippen molar-refractivity contribution >= 4 is 27.3 Å². The second-order valence-electron chi connectivity index (χ2n) is 3.71. The largest absolute Gasteiger partial charge is 0.304 e. The van der Waals surface area contributed by atoms with Crippen molar-refractivity contribution in [3.63, 3.8) is 0 Å². The summed E-state index contributed by atoms with van der Waals surface area (Å²) in [6.45, 7) is 7.64. The molecule has 0 aliphatic heterocycles. The van der Waals surface area contributed by atoms with Crippen LogP contribution in [0.5, 0.6) is 0 Å². The van der Waals surface area contributed by atoms with E-state index in [0.717, 1.165) is 30.5 Å². The molecule has 3 nitrogen and oxygen atoms in total. The summed E-state index contributed by atoms with van der Waals surface area (Å²) in [6, 6.07) is 0.237. The fourth-order valence-corrected chi connectivity index (χ4v) is 3.35. The van der Waals surface area contributed by atoms with Crippen LogP contribution in [0.3, 0.4) is 0 Å². The van der Waals surface area contributed by atoms with Gasteiger partial charge >= 0.3 is 0 Å². The molecule has 0 aromatic carbocycles. The number of nitrogens with zero attached hydrogens (tertiary/aromatic N) is 1. The minimum Gasteiger partial charge on any atom is -0.304 e. The summed E-state index contributed by atoms with van der Waals surface area (Å²) in [4.78, 5) is 2.41. The van der Waals surface area contributed by atoms with Crippen LogP contribution >= 0.6 is 27.3 Å². The fourth-order valence-electron chi connectivity index (χ4n) is 1.72. The predicted octanol–water partition coefficient (Wildman–Crippen LogP) is 2.75. The average molecular weight is 306 g/mol. The summed E-state index contributed by atoms with van der Waals surface area (Å²) in [5.74, 6) is 5.62. The highest BCUT2D eigenvalue weighted by molar-refractivity contribution is 9.10. The third-order valence-electron chi connectivity index (χ3n) is 2.85. The third kappa shape index (κ3) is 3.82. The summed E-state index contributed by atoms with van der Waals surface area (Å²) in [5.41, 5.74) is 4.16. The number of nitrogens with one attached hydrogen (secondary N) is 1. The van der Waals surface area contributed by atoms with E-state index in [4.69, 9.17) is 5.84 Å². The normalized spacial score (nSPS) is 13.3. The van der Waals surface area contributed by atoms with Gasteiger partial charge in [0.25, 0.3) is 0 Å². The Labute approximate surface area is 110 Å². The lowest BCUT2D eigenvalue weighted by Gasteiger charge is -2.22. The van der Waals surface area contributed by atoms with Gasteiger partial charge in [-0.2, -0.15) is 11.3 Å². The van der Waals surface area contributed by atoms with Gasteiger partial charge in [0.2, 0.25) is 0 Å². The van der Waals surface area contributed by atoms with Gasteiger partial charge in [0.15, 0.2) is 0 Å². The molecule has 16 heavy (non-hydrogen) atoms. The topological polar surface area (TPSA) is 41.3 Å². The first kappa shape index (κ1) is 14.1. The van der Waals surface area contributed by atoms with Crippen molar-refractivity contribution in [2.45, 2.75) is 26.3 Å². The van der Waals surface area contributed by atoms with Gasteiger partial charge in [0.05, 0.1) is 0 Å². The van der Waals surface area contributed by atoms with Crippen molar-refractivity contribution in [2.75, 3.05) is 19.6 Å². The predicted molar refractivity (Wildman–Crippen MR) is 74.5 cm³/mol. The van der Waals surface area contributed by atoms with Crippen molar-refractivity contribution in [2.24, 2.45) is 5.84 Å². The van der Waals surface area contributed by atoms with Crippen molar-refractivity contribution in [1.82, 2.24) is 10.3 Å². The molecule has 1 unspecified atom stereocenters. The first-order valence-corrected chi connectivity index (χ1v) is 7.36. The number of hydrogen-bond acceptors (Lipinski definition) is 4. The standard InChI is InChI=1S/C11H20BrN3S/c1-3-15(4-2)6-5-11(14-13)9-7-16-8-10(9)12/h7-8,11,14H,3-6,13H2,1-2H3. The van der Waals surface area contributed by atoms with Crippen LogP contribution in [-0.4, -0.2) is 24.5 Å². The summed E-state index contributed by atoms with van der Waals surface area (Å²) in [5, 5.41) is 4.24. The Balaban J connectivity index is 2.53. The Kier molecular flexibility index (Phi) is 6.53. The molecule has 0 radical (unpaired) electrons. The summed E-state index contributed by atoms with van der Waals surface area (Å²) in [7, 11) is 0. The molecule has 0 spiro atoms. The van der Waals surface area contributed by atoms with Gasteiger partial charge in [-0.25, -0.2) is 0 Å². The van der Waals surface area contributed by atoms with E-state index in [-0.39, 0.29) is 6.04 Å². The number of halogens is 1. The van der Waals surface area contributed by atoms with Gasteiger partial charge < -0.3 is 4.90 Å². The van der Waals surface area contributed by atoms with E-state index in [9.17, 15) is 0 Å². The van der Waals surface area contributed by atoms with E-state index in [1.54, 1.807) is 11.3 Å². The molecule has 0 fully saturated rings. The van der Waals surface area contributed by atoms with Crippen LogP contribution in [0, 0.1) is 0 Å². The molecule has 0 bridgehead atoms. The van der Waals surface area contributed by atoms with Gasteiger partial charge in [-0.3, -0.25) is 11.3 Å². The second-order valence-corrected chi connectivity index (χ2v) is 5.31. The molecular formula is C11H20BrN3S. The molecule has 0 aliphatic rings. The zero-order valence-corrected chi connectivity index (χ0v) is 12.3. The zero-order valence-electron chi connectivity index (χ0n) is 9.87. The SMILES string of the molecule is CCN(CC)CCC(NN)c1cscc1Br. The van der Waals surface area contributed by atoms with E-state index in [1.165, 1.54) is 5.56 Å². The summed E-state index contributed by atoms with van der Waals surface area (Å²) >= 11 is 5.25. The van der Waals surface area contributed by atoms with Gasteiger partial charge in [-0.15, -0.1) is 0 Å². The van der Waals surface area contributed by atoms with Gasteiger partial charge in [-0.05, 0) is 52.9 Å². The van der Waals surface area contributed by atoms with E-state index in [0.29, 0.717) is 0 Å². The maximum Gasteiger partial charge on any atom is 0.0491 e. The van der Waals surface area contributed by atoms with Crippen molar-refractivity contribution in [1.29, 1.82) is 0 Å². The minimum absolute atomic E-state index is 0.237. The maximum absolute atomic E-state index is 5.62. The number of thiophene rings is 1. The molecule has 0 amide bonds. The second kappa shape index (κ2) is 7.40. The molecule has 0 aliphatic carbocycles. The van der Waals surface area contributed by atoms with Crippen LogP contribution in [0.25, 0.3) is 0 Å². The molecular weight excluding hydrogens is 286 g/mol. The van der Waals surface area contributed by atoms with Crippen LogP contribution in [0.1, 0.15) is 31.9 Å². The zero-order chi connectivity index (χ0) is 12.0. The van der Waals surface area contributed by atoms with Gasteiger partial charge in [0, 0.05) is 15.9 Å². The lowest BCUT2D eigenvalue weighted by Crippen LogP contribution is -2.32. The number of nitrogens with two attached hydrogens (primary N) is 1. The van der Waals surface area contributed by atoms with E-state index < -0.39 is 0 Å². The molecule has 0 saturated heterocycles. The molecule has 1 rings (SSSR count). The van der Waals surface area contributed by atoms with Crippen LogP contribution in [0.2, 0.25) is 0 Å². The monoisotopic (exact) mass is 305 g/mol. The smallest absolute Gasteiger partial charge is 0.0491 e. The van der Waals surface area contributed by atoms with Crippen molar-refractivity contribution < 1.29 is 0 Å². The van der Waals surface area contributed by atoms with Gasteiger partial charge in [0.1, 0.15) is 0 Å². The first-order chi connectivity index (χ1) is 7.72. The molecule has 92 valence electrons. The Bertz CT molecular complexity index is 299. The number of hydrazine groups is 1. The first-order valence-electron chi connectivity index (χ1n) is 5.62. The van der Waals surface area contributed by atoms with Crippen molar-refractivity contribution in [3.05, 3.63) is 20.8 Å². The van der Waals surface area contributed by atoms with Crippen molar-refractivity contribution in [3.8, 4) is 0 Å². The Hall–Kier alpha value is 0.0600. The molecule has 5 heteroatoms. The summed E-state index contributed by atoms with van der Waals surface area (Å²) in [6.07, 6.45) is 1.04. The fraction of sp³-hybridized carbons (Fsp3) is 0.636. The number of rotatable bonds is 7. The molecule has 1 heterocycles. The Morgan fingerprint density at radius 2 is 2.12 bits per heavy atom. The molecule has 1 aromatic rings. The molecule has 1 atom stereocenters. The van der Waals surface area contributed by atoms with Gasteiger partial charge in [-0.1, -0.05) is 13.8 Å². The molecule has 0 saturated carbocycles. The third-order valence-corrected chi connectivity index (χ3v) is 4.60. The Morgan fingerprint density at radius 1 is 1.44 bits per heavy atom. The number of hydrogen-bond donors (Lipinski definition) is 2. The average Bonchev–Trinajstić information content (AvgIpc) is 2.71. The van der Waals surface area contributed by atoms with E-state index in [2.05, 4.69) is 50.9 Å². The summed E-state index contributed by atoms with van der Waals surface area (Å²) < 4.78 is 1.15. The highest BCUT2D eigenvalue weighted by Crippen LogP contribution is 2.28. The van der Waals surface area contributed by atoms with Crippen LogP contribution < -0.4 is 11.3 Å². The molecule has 3 N–H and O–H groups in total.